The number of methoxy groups -OCH3 is 1. The van der Waals surface area contributed by atoms with Crippen LogP contribution in [0.3, 0.4) is 0 Å². The van der Waals surface area contributed by atoms with Crippen molar-refractivity contribution in [3.05, 3.63) is 22.6 Å². The molecule has 0 aliphatic heterocycles. The normalized spacial score (nSPS) is 14.9. The molecule has 0 saturated heterocycles. The zero-order chi connectivity index (χ0) is 9.97. The van der Waals surface area contributed by atoms with Gasteiger partial charge in [-0.15, -0.1) is 0 Å². The number of nitrogens with zero attached hydrogens (tertiary/aromatic N) is 1. The molecule has 0 radical (unpaired) electrons. The standard InChI is InChI=1S/C11H13NO2/c1-13-7-11-9-5-3-2-4-8(9)10(6-12)14-11/h2-5,7H2,1H3. The number of hydrogen-bond donors (Lipinski definition) is 0. The van der Waals surface area contributed by atoms with Gasteiger partial charge in [-0.1, -0.05) is 0 Å². The van der Waals surface area contributed by atoms with Crippen LogP contribution in [0.4, 0.5) is 0 Å². The van der Waals surface area contributed by atoms with E-state index in [9.17, 15) is 0 Å². The zero-order valence-corrected chi connectivity index (χ0v) is 8.30. The van der Waals surface area contributed by atoms with Gasteiger partial charge in [0.2, 0.25) is 5.76 Å². The third-order valence-electron chi connectivity index (χ3n) is 2.68. The number of rotatable bonds is 2. The highest BCUT2D eigenvalue weighted by molar-refractivity contribution is 5.41. The van der Waals surface area contributed by atoms with Gasteiger partial charge in [0.15, 0.2) is 0 Å². The van der Waals surface area contributed by atoms with Gasteiger partial charge in [0.1, 0.15) is 18.4 Å². The minimum atomic E-state index is 0.476. The molecule has 1 aromatic heterocycles. The number of furan rings is 1. The molecule has 74 valence electrons. The van der Waals surface area contributed by atoms with Crippen LogP contribution in [0.1, 0.15) is 35.5 Å². The molecule has 0 N–H and O–H groups in total. The predicted octanol–water partition coefficient (Wildman–Crippen LogP) is 2.18. The maximum Gasteiger partial charge on any atom is 0.207 e. The van der Waals surface area contributed by atoms with E-state index in [0.717, 1.165) is 30.6 Å². The van der Waals surface area contributed by atoms with Crippen molar-refractivity contribution in [2.45, 2.75) is 32.3 Å². The van der Waals surface area contributed by atoms with E-state index in [0.29, 0.717) is 12.4 Å². The highest BCUT2D eigenvalue weighted by atomic mass is 16.5. The Kier molecular flexibility index (Phi) is 2.55. The molecule has 0 saturated carbocycles. The average Bonchev–Trinajstić information content (AvgIpc) is 2.58. The van der Waals surface area contributed by atoms with Crippen molar-refractivity contribution in [3.8, 4) is 6.07 Å². The molecular formula is C11H13NO2. The van der Waals surface area contributed by atoms with E-state index in [4.69, 9.17) is 14.4 Å². The number of fused-ring (bicyclic) bond motifs is 1. The van der Waals surface area contributed by atoms with Gasteiger partial charge in [-0.05, 0) is 25.7 Å². The summed E-state index contributed by atoms with van der Waals surface area (Å²) in [5.41, 5.74) is 2.33. The second-order valence-electron chi connectivity index (χ2n) is 3.56. The first-order valence-electron chi connectivity index (χ1n) is 4.89. The van der Waals surface area contributed by atoms with Crippen LogP contribution in [-0.4, -0.2) is 7.11 Å². The second kappa shape index (κ2) is 3.85. The fourth-order valence-corrected chi connectivity index (χ4v) is 2.05. The van der Waals surface area contributed by atoms with Gasteiger partial charge in [-0.3, -0.25) is 0 Å². The van der Waals surface area contributed by atoms with Crippen molar-refractivity contribution in [3.63, 3.8) is 0 Å². The third kappa shape index (κ3) is 1.42. The Morgan fingerprint density at radius 3 is 2.71 bits per heavy atom. The summed E-state index contributed by atoms with van der Waals surface area (Å²) in [5.74, 6) is 1.34. The van der Waals surface area contributed by atoms with Gasteiger partial charge < -0.3 is 9.15 Å². The molecule has 1 aromatic rings. The summed E-state index contributed by atoms with van der Waals surface area (Å²) in [6.45, 7) is 0.476. The lowest BCUT2D eigenvalue weighted by Crippen LogP contribution is -2.02. The van der Waals surface area contributed by atoms with Crippen LogP contribution in [0.2, 0.25) is 0 Å². The van der Waals surface area contributed by atoms with E-state index in [1.807, 2.05) is 0 Å². The van der Waals surface area contributed by atoms with Gasteiger partial charge in [-0.25, -0.2) is 0 Å². The van der Waals surface area contributed by atoms with E-state index in [1.54, 1.807) is 7.11 Å². The van der Waals surface area contributed by atoms with E-state index in [1.165, 1.54) is 12.0 Å². The Labute approximate surface area is 83.3 Å². The van der Waals surface area contributed by atoms with Crippen molar-refractivity contribution < 1.29 is 9.15 Å². The third-order valence-corrected chi connectivity index (χ3v) is 2.68. The Morgan fingerprint density at radius 1 is 1.36 bits per heavy atom. The minimum absolute atomic E-state index is 0.476. The molecule has 14 heavy (non-hydrogen) atoms. The van der Waals surface area contributed by atoms with E-state index < -0.39 is 0 Å². The predicted molar refractivity (Wildman–Crippen MR) is 50.8 cm³/mol. The van der Waals surface area contributed by atoms with Gasteiger partial charge in [-0.2, -0.15) is 5.26 Å². The summed E-state index contributed by atoms with van der Waals surface area (Å²) >= 11 is 0. The molecule has 3 nitrogen and oxygen atoms in total. The Hall–Kier alpha value is -1.27. The molecule has 1 aliphatic carbocycles. The Balaban J connectivity index is 2.42. The lowest BCUT2D eigenvalue weighted by Gasteiger charge is -2.10. The van der Waals surface area contributed by atoms with Crippen LogP contribution in [0.5, 0.6) is 0 Å². The molecule has 0 atom stereocenters. The summed E-state index contributed by atoms with van der Waals surface area (Å²) in [5, 5.41) is 8.89. The highest BCUT2D eigenvalue weighted by Crippen LogP contribution is 2.30. The molecule has 3 heteroatoms. The van der Waals surface area contributed by atoms with Crippen molar-refractivity contribution in [1.29, 1.82) is 5.26 Å². The summed E-state index contributed by atoms with van der Waals surface area (Å²) in [6.07, 6.45) is 4.35. The lowest BCUT2D eigenvalue weighted by atomic mass is 9.92. The van der Waals surface area contributed by atoms with Gasteiger partial charge in [0.25, 0.3) is 0 Å². The minimum Gasteiger partial charge on any atom is -0.448 e. The SMILES string of the molecule is COCc1oc(C#N)c2c1CCCC2. The monoisotopic (exact) mass is 191 g/mol. The van der Waals surface area contributed by atoms with Crippen LogP contribution in [0.25, 0.3) is 0 Å². The second-order valence-corrected chi connectivity index (χ2v) is 3.56. The molecule has 0 spiro atoms. The summed E-state index contributed by atoms with van der Waals surface area (Å²) in [4.78, 5) is 0. The van der Waals surface area contributed by atoms with Crippen molar-refractivity contribution >= 4 is 0 Å². The van der Waals surface area contributed by atoms with E-state index in [-0.39, 0.29) is 0 Å². The first-order valence-corrected chi connectivity index (χ1v) is 4.89. The van der Waals surface area contributed by atoms with Crippen molar-refractivity contribution in [1.82, 2.24) is 0 Å². The fourth-order valence-electron chi connectivity index (χ4n) is 2.05. The maximum absolute atomic E-state index is 8.89. The molecule has 0 aromatic carbocycles. The lowest BCUT2D eigenvalue weighted by molar-refractivity contribution is 0.162. The smallest absolute Gasteiger partial charge is 0.207 e. The topological polar surface area (TPSA) is 46.2 Å². The van der Waals surface area contributed by atoms with Gasteiger partial charge >= 0.3 is 0 Å². The summed E-state index contributed by atoms with van der Waals surface area (Å²) in [6, 6.07) is 2.11. The largest absolute Gasteiger partial charge is 0.448 e. The van der Waals surface area contributed by atoms with Gasteiger partial charge in [0.05, 0.1) is 0 Å². The molecule has 0 bridgehead atoms. The average molecular weight is 191 g/mol. The van der Waals surface area contributed by atoms with Crippen LogP contribution in [0, 0.1) is 11.3 Å². The van der Waals surface area contributed by atoms with Crippen LogP contribution in [0.15, 0.2) is 4.42 Å². The zero-order valence-electron chi connectivity index (χ0n) is 8.30. The first kappa shape index (κ1) is 9.29. The molecule has 1 heterocycles. The number of ether oxygens (including phenoxy) is 1. The first-order chi connectivity index (χ1) is 6.86. The van der Waals surface area contributed by atoms with Crippen molar-refractivity contribution in [2.24, 2.45) is 0 Å². The van der Waals surface area contributed by atoms with Crippen LogP contribution in [-0.2, 0) is 24.2 Å². The molecule has 2 rings (SSSR count). The molecule has 0 amide bonds. The molecule has 1 aliphatic rings. The van der Waals surface area contributed by atoms with Crippen LogP contribution >= 0.6 is 0 Å². The Bertz CT molecular complexity index is 373. The Morgan fingerprint density at radius 2 is 2.07 bits per heavy atom. The number of hydrogen-bond acceptors (Lipinski definition) is 3. The molecular weight excluding hydrogens is 178 g/mol. The highest BCUT2D eigenvalue weighted by Gasteiger charge is 2.22. The summed E-state index contributed by atoms with van der Waals surface area (Å²) < 4.78 is 10.5. The molecule has 0 unspecified atom stereocenters. The van der Waals surface area contributed by atoms with Crippen molar-refractivity contribution in [2.75, 3.05) is 7.11 Å². The van der Waals surface area contributed by atoms with Gasteiger partial charge in [0, 0.05) is 18.2 Å². The van der Waals surface area contributed by atoms with E-state index in [2.05, 4.69) is 6.07 Å². The molecule has 0 fully saturated rings. The maximum atomic E-state index is 8.89. The quantitative estimate of drug-likeness (QED) is 0.719. The fraction of sp³-hybridized carbons (Fsp3) is 0.545. The number of nitriles is 1. The summed E-state index contributed by atoms with van der Waals surface area (Å²) in [7, 11) is 1.64. The van der Waals surface area contributed by atoms with E-state index >= 15 is 0 Å². The van der Waals surface area contributed by atoms with Crippen LogP contribution < -0.4 is 0 Å².